The Hall–Kier alpha value is -0.540. The third-order valence-electron chi connectivity index (χ3n) is 3.32. The Morgan fingerprint density at radius 2 is 1.67 bits per heavy atom. The number of hydrogen-bond acceptors (Lipinski definition) is 2. The van der Waals surface area contributed by atoms with Crippen LogP contribution >= 0.6 is 15.9 Å². The van der Waals surface area contributed by atoms with Crippen molar-refractivity contribution in [3.63, 3.8) is 0 Å². The zero-order valence-electron chi connectivity index (χ0n) is 11.5. The lowest BCUT2D eigenvalue weighted by atomic mass is 9.99. The first-order chi connectivity index (χ1) is 8.44. The van der Waals surface area contributed by atoms with Crippen LogP contribution in [0.3, 0.4) is 0 Å². The van der Waals surface area contributed by atoms with Gasteiger partial charge in [0.25, 0.3) is 0 Å². The molecule has 0 amide bonds. The second kappa shape index (κ2) is 5.62. The maximum Gasteiger partial charge on any atom is 0.0366 e. The number of anilines is 1. The topological polar surface area (TPSA) is 15.3 Å². The maximum absolute atomic E-state index is 3.71. The minimum Gasteiger partial charge on any atom is -0.371 e. The van der Waals surface area contributed by atoms with Gasteiger partial charge in [-0.3, -0.25) is 0 Å². The Balaban J connectivity index is 1.88. The number of nitrogens with one attached hydrogen (secondary N) is 1. The fourth-order valence-electron chi connectivity index (χ4n) is 2.55. The van der Waals surface area contributed by atoms with Gasteiger partial charge >= 0.3 is 0 Å². The van der Waals surface area contributed by atoms with Crippen LogP contribution < -0.4 is 10.2 Å². The fraction of sp³-hybridized carbons (Fsp3) is 0.600. The Kier molecular flexibility index (Phi) is 4.33. The predicted octanol–water partition coefficient (Wildman–Crippen LogP) is 3.81. The van der Waals surface area contributed by atoms with Crippen LogP contribution in [-0.4, -0.2) is 24.7 Å². The van der Waals surface area contributed by atoms with Crippen LogP contribution in [0.5, 0.6) is 0 Å². The molecule has 1 aromatic rings. The zero-order chi connectivity index (χ0) is 13.2. The van der Waals surface area contributed by atoms with E-state index >= 15 is 0 Å². The summed E-state index contributed by atoms with van der Waals surface area (Å²) in [4.78, 5) is 2.48. The van der Waals surface area contributed by atoms with Crippen molar-refractivity contribution in [3.05, 3.63) is 28.7 Å². The smallest absolute Gasteiger partial charge is 0.0366 e. The molecule has 3 heteroatoms. The Bertz CT molecular complexity index is 372. The average molecular weight is 311 g/mol. The first kappa shape index (κ1) is 13.9. The largest absolute Gasteiger partial charge is 0.371 e. The molecule has 0 aliphatic carbocycles. The van der Waals surface area contributed by atoms with Gasteiger partial charge in [0.05, 0.1) is 0 Å². The van der Waals surface area contributed by atoms with Gasteiger partial charge in [0.15, 0.2) is 0 Å². The van der Waals surface area contributed by atoms with Gasteiger partial charge in [0.1, 0.15) is 0 Å². The van der Waals surface area contributed by atoms with Crippen molar-refractivity contribution >= 4 is 21.6 Å². The summed E-state index contributed by atoms with van der Waals surface area (Å²) in [6.07, 6.45) is 2.46. The minimum absolute atomic E-state index is 0.227. The van der Waals surface area contributed by atoms with Gasteiger partial charge in [0, 0.05) is 34.8 Å². The highest BCUT2D eigenvalue weighted by molar-refractivity contribution is 9.10. The molecule has 18 heavy (non-hydrogen) atoms. The SMILES string of the molecule is CC(C)(C)NC1CCN(c2ccc(Br)cc2)CC1. The van der Waals surface area contributed by atoms with E-state index in [1.54, 1.807) is 0 Å². The van der Waals surface area contributed by atoms with E-state index in [1.807, 2.05) is 0 Å². The third kappa shape index (κ3) is 3.99. The van der Waals surface area contributed by atoms with Crippen LogP contribution in [0.25, 0.3) is 0 Å². The third-order valence-corrected chi connectivity index (χ3v) is 3.85. The van der Waals surface area contributed by atoms with Crippen LogP contribution in [0.15, 0.2) is 28.7 Å². The minimum atomic E-state index is 0.227. The van der Waals surface area contributed by atoms with Crippen molar-refractivity contribution in [1.29, 1.82) is 0 Å². The molecule has 0 atom stereocenters. The molecule has 1 fully saturated rings. The van der Waals surface area contributed by atoms with E-state index in [4.69, 9.17) is 0 Å². The highest BCUT2D eigenvalue weighted by Crippen LogP contribution is 2.22. The number of rotatable bonds is 2. The Morgan fingerprint density at radius 3 is 2.17 bits per heavy atom. The molecule has 1 heterocycles. The molecule has 0 unspecified atom stereocenters. The summed E-state index contributed by atoms with van der Waals surface area (Å²) in [6, 6.07) is 9.30. The summed E-state index contributed by atoms with van der Waals surface area (Å²) in [7, 11) is 0. The van der Waals surface area contributed by atoms with Gasteiger partial charge in [-0.2, -0.15) is 0 Å². The van der Waals surface area contributed by atoms with Crippen molar-refractivity contribution in [3.8, 4) is 0 Å². The summed E-state index contributed by atoms with van der Waals surface area (Å²) >= 11 is 3.48. The molecule has 0 bridgehead atoms. The molecule has 2 rings (SSSR count). The molecule has 0 spiro atoms. The first-order valence-electron chi connectivity index (χ1n) is 6.72. The van der Waals surface area contributed by atoms with Crippen molar-refractivity contribution in [2.75, 3.05) is 18.0 Å². The van der Waals surface area contributed by atoms with Crippen molar-refractivity contribution in [2.24, 2.45) is 0 Å². The maximum atomic E-state index is 3.71. The molecule has 1 saturated heterocycles. The van der Waals surface area contributed by atoms with Crippen LogP contribution in [0.2, 0.25) is 0 Å². The molecule has 1 aliphatic heterocycles. The predicted molar refractivity (Wildman–Crippen MR) is 82.3 cm³/mol. The van der Waals surface area contributed by atoms with E-state index in [1.165, 1.54) is 18.5 Å². The van der Waals surface area contributed by atoms with E-state index in [9.17, 15) is 0 Å². The number of hydrogen-bond donors (Lipinski definition) is 1. The number of halogens is 1. The van der Waals surface area contributed by atoms with Gasteiger partial charge in [-0.05, 0) is 57.9 Å². The summed E-state index contributed by atoms with van der Waals surface area (Å²) < 4.78 is 1.15. The zero-order valence-corrected chi connectivity index (χ0v) is 13.1. The lowest BCUT2D eigenvalue weighted by Crippen LogP contribution is -2.49. The molecule has 0 radical (unpaired) electrons. The van der Waals surface area contributed by atoms with Crippen LogP contribution in [-0.2, 0) is 0 Å². The summed E-state index contributed by atoms with van der Waals surface area (Å²) in [5.74, 6) is 0. The van der Waals surface area contributed by atoms with Gasteiger partial charge < -0.3 is 10.2 Å². The number of nitrogens with zero attached hydrogens (tertiary/aromatic N) is 1. The molecule has 1 aromatic carbocycles. The van der Waals surface area contributed by atoms with E-state index in [0.717, 1.165) is 17.6 Å². The second-order valence-electron chi connectivity index (χ2n) is 6.13. The van der Waals surface area contributed by atoms with Crippen LogP contribution in [0, 0.1) is 0 Å². The molecule has 0 saturated carbocycles. The molecule has 0 aromatic heterocycles. The lowest BCUT2D eigenvalue weighted by molar-refractivity contribution is 0.317. The van der Waals surface area contributed by atoms with Gasteiger partial charge in [-0.25, -0.2) is 0 Å². The summed E-state index contributed by atoms with van der Waals surface area (Å²) in [5.41, 5.74) is 1.57. The summed E-state index contributed by atoms with van der Waals surface area (Å²) in [5, 5.41) is 3.71. The van der Waals surface area contributed by atoms with E-state index < -0.39 is 0 Å². The standard InChI is InChI=1S/C15H23BrN2/c1-15(2,3)17-13-8-10-18(11-9-13)14-6-4-12(16)5-7-14/h4-7,13,17H,8-11H2,1-3H3. The van der Waals surface area contributed by atoms with E-state index in [-0.39, 0.29) is 5.54 Å². The highest BCUT2D eigenvalue weighted by Gasteiger charge is 2.22. The summed E-state index contributed by atoms with van der Waals surface area (Å²) in [6.45, 7) is 9.03. The van der Waals surface area contributed by atoms with Crippen molar-refractivity contribution in [2.45, 2.75) is 45.2 Å². The van der Waals surface area contributed by atoms with Gasteiger partial charge in [-0.1, -0.05) is 15.9 Å². The number of piperidine rings is 1. The quantitative estimate of drug-likeness (QED) is 0.893. The highest BCUT2D eigenvalue weighted by atomic mass is 79.9. The first-order valence-corrected chi connectivity index (χ1v) is 7.51. The lowest BCUT2D eigenvalue weighted by Gasteiger charge is -2.37. The van der Waals surface area contributed by atoms with Crippen molar-refractivity contribution in [1.82, 2.24) is 5.32 Å². The fourth-order valence-corrected chi connectivity index (χ4v) is 2.81. The van der Waals surface area contributed by atoms with E-state index in [2.05, 4.69) is 71.2 Å². The normalized spacial score (nSPS) is 18.1. The second-order valence-corrected chi connectivity index (χ2v) is 7.05. The van der Waals surface area contributed by atoms with E-state index in [0.29, 0.717) is 6.04 Å². The van der Waals surface area contributed by atoms with Gasteiger partial charge in [-0.15, -0.1) is 0 Å². The molecule has 2 nitrogen and oxygen atoms in total. The van der Waals surface area contributed by atoms with Crippen LogP contribution in [0.1, 0.15) is 33.6 Å². The van der Waals surface area contributed by atoms with Crippen LogP contribution in [0.4, 0.5) is 5.69 Å². The van der Waals surface area contributed by atoms with Crippen molar-refractivity contribution < 1.29 is 0 Å². The Morgan fingerprint density at radius 1 is 1.11 bits per heavy atom. The molecular weight excluding hydrogens is 288 g/mol. The monoisotopic (exact) mass is 310 g/mol. The average Bonchev–Trinajstić information content (AvgIpc) is 2.29. The molecule has 1 N–H and O–H groups in total. The molecular formula is C15H23BrN2. The van der Waals surface area contributed by atoms with Gasteiger partial charge in [0.2, 0.25) is 0 Å². The Labute approximate surface area is 119 Å². The number of benzene rings is 1. The molecule has 100 valence electrons. The molecule has 1 aliphatic rings.